The highest BCUT2D eigenvalue weighted by Gasteiger charge is 2.32. The van der Waals surface area contributed by atoms with Gasteiger partial charge in [-0.3, -0.25) is 0 Å². The molecule has 1 aromatic carbocycles. The second-order valence-corrected chi connectivity index (χ2v) is 8.64. The van der Waals surface area contributed by atoms with Crippen molar-refractivity contribution in [2.75, 3.05) is 13.1 Å². The summed E-state index contributed by atoms with van der Waals surface area (Å²) in [6.45, 7) is 11.3. The fourth-order valence-corrected chi connectivity index (χ4v) is 4.49. The Labute approximate surface area is 172 Å². The lowest BCUT2D eigenvalue weighted by Gasteiger charge is -2.43. The molecule has 28 heavy (non-hydrogen) atoms. The van der Waals surface area contributed by atoms with Crippen LogP contribution in [0.15, 0.2) is 48.9 Å². The van der Waals surface area contributed by atoms with E-state index < -0.39 is 0 Å². The molecule has 1 aromatic heterocycles. The van der Waals surface area contributed by atoms with Crippen LogP contribution < -0.4 is 16.4 Å². The number of hydrogen-bond donors (Lipinski definition) is 4. The van der Waals surface area contributed by atoms with Crippen molar-refractivity contribution in [1.29, 1.82) is 0 Å². The molecule has 0 radical (unpaired) electrons. The molecule has 2 fully saturated rings. The number of halogens is 1. The Morgan fingerprint density at radius 2 is 2.11 bits per heavy atom. The molecule has 0 bridgehead atoms. The Hall–Kier alpha value is -2.11. The van der Waals surface area contributed by atoms with E-state index in [9.17, 15) is 0 Å². The molecule has 1 saturated heterocycles. The number of fused-ring (bicyclic) bond motifs is 1. The molecular formula is C22H30ClN5. The monoisotopic (exact) mass is 399 g/mol. The number of aromatic nitrogens is 1. The largest absolute Gasteiger partial charge is 0.373 e. The Morgan fingerprint density at radius 1 is 1.29 bits per heavy atom. The van der Waals surface area contributed by atoms with Gasteiger partial charge in [-0.1, -0.05) is 24.8 Å². The van der Waals surface area contributed by atoms with Crippen LogP contribution in [0.2, 0.25) is 5.02 Å². The third-order valence-corrected chi connectivity index (χ3v) is 6.22. The highest BCUT2D eigenvalue weighted by Crippen LogP contribution is 2.34. The van der Waals surface area contributed by atoms with E-state index in [1.165, 1.54) is 12.1 Å². The molecule has 0 amide bonds. The highest BCUT2D eigenvalue weighted by molar-refractivity contribution is 6.31. The minimum atomic E-state index is 0.366. The molecule has 2 aromatic rings. The number of piperidine rings is 1. The zero-order valence-electron chi connectivity index (χ0n) is 16.3. The molecular weight excluding hydrogens is 370 g/mol. The summed E-state index contributed by atoms with van der Waals surface area (Å²) in [6, 6.07) is 8.76. The van der Waals surface area contributed by atoms with Crippen LogP contribution in [0, 0.1) is 5.92 Å². The molecule has 5 nitrogen and oxygen atoms in total. The molecule has 0 spiro atoms. The predicted molar refractivity (Wildman–Crippen MR) is 117 cm³/mol. The predicted octanol–water partition coefficient (Wildman–Crippen LogP) is 3.69. The summed E-state index contributed by atoms with van der Waals surface area (Å²) in [5.41, 5.74) is 9.41. The van der Waals surface area contributed by atoms with Gasteiger partial charge in [0, 0.05) is 58.4 Å². The fourth-order valence-electron chi connectivity index (χ4n) is 4.31. The molecule has 1 saturated carbocycles. The second kappa shape index (κ2) is 8.10. The first-order valence-corrected chi connectivity index (χ1v) is 10.5. The van der Waals surface area contributed by atoms with Gasteiger partial charge < -0.3 is 26.3 Å². The lowest BCUT2D eigenvalue weighted by atomic mass is 9.78. The Bertz CT molecular complexity index is 867. The minimum absolute atomic E-state index is 0.366. The van der Waals surface area contributed by atoms with E-state index in [4.69, 9.17) is 17.3 Å². The molecule has 6 heteroatoms. The smallest absolute Gasteiger partial charge is 0.0918 e. The number of nitrogens with one attached hydrogen (secondary N) is 3. The molecule has 150 valence electrons. The van der Waals surface area contributed by atoms with Crippen molar-refractivity contribution in [3.8, 4) is 0 Å². The average Bonchev–Trinajstić information content (AvgIpc) is 3.05. The van der Waals surface area contributed by atoms with E-state index in [-0.39, 0.29) is 0 Å². The number of hydrogen-bond acceptors (Lipinski definition) is 4. The first-order chi connectivity index (χ1) is 13.5. The van der Waals surface area contributed by atoms with Crippen molar-refractivity contribution >= 4 is 22.5 Å². The number of allylic oxidation sites excluding steroid dienone is 1. The maximum Gasteiger partial charge on any atom is 0.0918 e. The maximum absolute atomic E-state index is 6.07. The van der Waals surface area contributed by atoms with Crippen molar-refractivity contribution in [2.24, 2.45) is 11.7 Å². The lowest BCUT2D eigenvalue weighted by molar-refractivity contribution is 0.181. The van der Waals surface area contributed by atoms with Crippen LogP contribution in [0.1, 0.15) is 31.4 Å². The summed E-state index contributed by atoms with van der Waals surface area (Å²) in [4.78, 5) is 5.85. The number of H-pyrrole nitrogens is 1. The van der Waals surface area contributed by atoms with Gasteiger partial charge in [0.2, 0.25) is 0 Å². The highest BCUT2D eigenvalue weighted by atomic mass is 35.5. The number of likely N-dealkylation sites (tertiary alicyclic amines) is 1. The van der Waals surface area contributed by atoms with Crippen LogP contribution in [0.3, 0.4) is 0 Å². The SMILES string of the molecule is C=C(NCc1cc2cc(Cl)ccc2[nH]1)NC1CCCN(C(=C)C2CC(N)C2)C1. The van der Waals surface area contributed by atoms with Gasteiger partial charge in [-0.25, -0.2) is 0 Å². The third kappa shape index (κ3) is 4.31. The average molecular weight is 400 g/mol. The van der Waals surface area contributed by atoms with Crippen molar-refractivity contribution in [3.05, 3.63) is 59.7 Å². The quantitative estimate of drug-likeness (QED) is 0.573. The van der Waals surface area contributed by atoms with Crippen molar-refractivity contribution in [3.63, 3.8) is 0 Å². The standard InChI is InChI=1S/C22H30ClN5/c1-14(16-9-19(24)10-16)28-7-3-4-20(13-28)26-15(2)25-12-21-11-17-8-18(23)5-6-22(17)27-21/h5-6,8,11,16,19-20,25-27H,1-4,7,9-10,12-13,24H2. The molecule has 1 aliphatic carbocycles. The van der Waals surface area contributed by atoms with Crippen molar-refractivity contribution in [2.45, 2.75) is 44.3 Å². The van der Waals surface area contributed by atoms with Crippen molar-refractivity contribution in [1.82, 2.24) is 20.5 Å². The van der Waals surface area contributed by atoms with E-state index in [2.05, 4.69) is 39.7 Å². The van der Waals surface area contributed by atoms with Crippen LogP contribution in [0.5, 0.6) is 0 Å². The van der Waals surface area contributed by atoms with Gasteiger partial charge in [-0.15, -0.1) is 0 Å². The van der Waals surface area contributed by atoms with Gasteiger partial charge in [0.15, 0.2) is 0 Å². The van der Waals surface area contributed by atoms with E-state index in [0.29, 0.717) is 24.5 Å². The third-order valence-electron chi connectivity index (χ3n) is 5.98. The van der Waals surface area contributed by atoms with Crippen molar-refractivity contribution < 1.29 is 0 Å². The fraction of sp³-hybridized carbons (Fsp3) is 0.455. The van der Waals surface area contributed by atoms with E-state index in [0.717, 1.165) is 59.8 Å². The summed E-state index contributed by atoms with van der Waals surface area (Å²) < 4.78 is 0. The van der Waals surface area contributed by atoms with Crippen LogP contribution in [-0.4, -0.2) is 35.1 Å². The first-order valence-electron chi connectivity index (χ1n) is 10.1. The van der Waals surface area contributed by atoms with Gasteiger partial charge >= 0.3 is 0 Å². The number of nitrogens with two attached hydrogens (primary N) is 1. The Morgan fingerprint density at radius 3 is 2.89 bits per heavy atom. The number of aromatic amines is 1. The number of rotatable bonds is 7. The maximum atomic E-state index is 6.07. The summed E-state index contributed by atoms with van der Waals surface area (Å²) in [5.74, 6) is 1.44. The summed E-state index contributed by atoms with van der Waals surface area (Å²) in [7, 11) is 0. The summed E-state index contributed by atoms with van der Waals surface area (Å²) in [5, 5.41) is 8.82. The molecule has 2 aliphatic rings. The van der Waals surface area contributed by atoms with Gasteiger partial charge in [0.25, 0.3) is 0 Å². The van der Waals surface area contributed by atoms with Gasteiger partial charge in [-0.05, 0) is 49.9 Å². The number of nitrogens with zero attached hydrogens (tertiary/aromatic N) is 1. The minimum Gasteiger partial charge on any atom is -0.373 e. The summed E-state index contributed by atoms with van der Waals surface area (Å²) in [6.07, 6.45) is 4.49. The normalized spacial score (nSPS) is 24.6. The first kappa shape index (κ1) is 19.2. The number of benzene rings is 1. The summed E-state index contributed by atoms with van der Waals surface area (Å²) >= 11 is 6.07. The van der Waals surface area contributed by atoms with Gasteiger partial charge in [-0.2, -0.15) is 0 Å². The molecule has 1 atom stereocenters. The van der Waals surface area contributed by atoms with Gasteiger partial charge in [0.05, 0.1) is 12.4 Å². The van der Waals surface area contributed by atoms with Crippen LogP contribution in [0.4, 0.5) is 0 Å². The molecule has 4 rings (SSSR count). The van der Waals surface area contributed by atoms with E-state index in [1.807, 2.05) is 18.2 Å². The van der Waals surface area contributed by atoms with Crippen LogP contribution >= 0.6 is 11.6 Å². The zero-order valence-corrected chi connectivity index (χ0v) is 17.1. The molecule has 1 unspecified atom stereocenters. The lowest BCUT2D eigenvalue weighted by Crippen LogP contribution is -2.49. The van der Waals surface area contributed by atoms with E-state index in [1.54, 1.807) is 0 Å². The Kier molecular flexibility index (Phi) is 5.56. The van der Waals surface area contributed by atoms with Gasteiger partial charge in [0.1, 0.15) is 0 Å². The Balaban J connectivity index is 1.26. The molecule has 5 N–H and O–H groups in total. The zero-order chi connectivity index (χ0) is 19.7. The second-order valence-electron chi connectivity index (χ2n) is 8.21. The molecule has 1 aliphatic heterocycles. The van der Waals surface area contributed by atoms with Crippen LogP contribution in [-0.2, 0) is 6.54 Å². The van der Waals surface area contributed by atoms with E-state index >= 15 is 0 Å². The van der Waals surface area contributed by atoms with Crippen LogP contribution in [0.25, 0.3) is 10.9 Å². The molecule has 2 heterocycles. The topological polar surface area (TPSA) is 69.1 Å².